The van der Waals surface area contributed by atoms with Gasteiger partial charge in [0.05, 0.1) is 13.2 Å². The minimum absolute atomic E-state index is 0.0396. The van der Waals surface area contributed by atoms with Gasteiger partial charge in [-0.15, -0.1) is 0 Å². The van der Waals surface area contributed by atoms with Crippen LogP contribution in [-0.4, -0.2) is 65.8 Å². The summed E-state index contributed by atoms with van der Waals surface area (Å²) in [5.41, 5.74) is 2.57. The number of aliphatic hydroxyl groups excluding tert-OH is 1. The smallest absolute Gasteiger partial charge is 0.0716 e. The minimum Gasteiger partial charge on any atom is -0.396 e. The first-order chi connectivity index (χ1) is 13.8. The second-order valence-electron chi connectivity index (χ2n) is 8.37. The second-order valence-corrected chi connectivity index (χ2v) is 8.37. The molecule has 0 amide bonds. The van der Waals surface area contributed by atoms with Crippen LogP contribution in [0.4, 0.5) is 0 Å². The number of aromatic nitrogens is 1. The van der Waals surface area contributed by atoms with Crippen molar-refractivity contribution < 1.29 is 9.84 Å². The van der Waals surface area contributed by atoms with E-state index >= 15 is 0 Å². The van der Waals surface area contributed by atoms with E-state index in [1.54, 1.807) is 0 Å². The standard InChI is InChI=1S/C23H31N3O2/c27-19-23-17-25(11-4-12-28-16-21-5-2-1-3-6-21)14-22(23)15-26(18-23)13-20-7-9-24-10-8-20/h1-3,5-10,22,27H,4,11-19H2. The second kappa shape index (κ2) is 9.14. The third kappa shape index (κ3) is 4.61. The van der Waals surface area contributed by atoms with E-state index in [0.717, 1.165) is 52.3 Å². The Bertz CT molecular complexity index is 727. The SMILES string of the molecule is OCC12CN(CCCOCc3ccccc3)CC1CN(Cc1ccncc1)C2. The summed E-state index contributed by atoms with van der Waals surface area (Å²) in [7, 11) is 0. The summed E-state index contributed by atoms with van der Waals surface area (Å²) >= 11 is 0. The highest BCUT2D eigenvalue weighted by atomic mass is 16.5. The molecule has 5 heteroatoms. The summed E-state index contributed by atoms with van der Waals surface area (Å²) in [6, 6.07) is 14.5. The summed E-state index contributed by atoms with van der Waals surface area (Å²) in [6.45, 7) is 7.91. The molecular weight excluding hydrogens is 350 g/mol. The zero-order valence-electron chi connectivity index (χ0n) is 16.5. The molecule has 2 fully saturated rings. The third-order valence-electron chi connectivity index (χ3n) is 6.25. The Kier molecular flexibility index (Phi) is 6.37. The summed E-state index contributed by atoms with van der Waals surface area (Å²) in [5.74, 6) is 0.560. The first kappa shape index (κ1) is 19.5. The van der Waals surface area contributed by atoms with E-state index in [-0.39, 0.29) is 12.0 Å². The Morgan fingerprint density at radius 3 is 2.50 bits per heavy atom. The number of benzene rings is 1. The van der Waals surface area contributed by atoms with Crippen LogP contribution in [0.3, 0.4) is 0 Å². The molecule has 2 saturated heterocycles. The van der Waals surface area contributed by atoms with Gasteiger partial charge in [0, 0.05) is 63.7 Å². The molecule has 0 saturated carbocycles. The molecule has 2 atom stereocenters. The maximum absolute atomic E-state index is 10.2. The number of likely N-dealkylation sites (tertiary alicyclic amines) is 2. The van der Waals surface area contributed by atoms with Gasteiger partial charge in [-0.1, -0.05) is 30.3 Å². The zero-order valence-corrected chi connectivity index (χ0v) is 16.5. The van der Waals surface area contributed by atoms with Crippen molar-refractivity contribution in [1.82, 2.24) is 14.8 Å². The molecule has 1 N–H and O–H groups in total. The Morgan fingerprint density at radius 1 is 1.00 bits per heavy atom. The summed E-state index contributed by atoms with van der Waals surface area (Å²) in [6.07, 6.45) is 4.76. The van der Waals surface area contributed by atoms with Gasteiger partial charge < -0.3 is 14.7 Å². The van der Waals surface area contributed by atoms with Crippen LogP contribution in [0.5, 0.6) is 0 Å². The molecule has 4 rings (SSSR count). The Labute approximate surface area is 168 Å². The molecule has 2 aliphatic rings. The zero-order chi connectivity index (χ0) is 19.2. The molecule has 0 aliphatic carbocycles. The van der Waals surface area contributed by atoms with E-state index in [9.17, 15) is 5.11 Å². The van der Waals surface area contributed by atoms with E-state index in [4.69, 9.17) is 4.74 Å². The number of aliphatic hydroxyl groups is 1. The number of pyridine rings is 1. The van der Waals surface area contributed by atoms with Crippen molar-refractivity contribution in [2.24, 2.45) is 11.3 Å². The molecular formula is C23H31N3O2. The summed E-state index contributed by atoms with van der Waals surface area (Å²) in [4.78, 5) is 9.12. The molecule has 0 bridgehead atoms. The van der Waals surface area contributed by atoms with Crippen molar-refractivity contribution in [3.05, 3.63) is 66.0 Å². The molecule has 28 heavy (non-hydrogen) atoms. The van der Waals surface area contributed by atoms with Gasteiger partial charge in [-0.25, -0.2) is 0 Å². The Morgan fingerprint density at radius 2 is 1.75 bits per heavy atom. The molecule has 150 valence electrons. The van der Waals surface area contributed by atoms with Crippen LogP contribution in [0.25, 0.3) is 0 Å². The lowest BCUT2D eigenvalue weighted by molar-refractivity contribution is 0.0978. The van der Waals surface area contributed by atoms with Gasteiger partial charge in [0.25, 0.3) is 0 Å². The molecule has 1 aromatic carbocycles. The molecule has 2 aromatic rings. The van der Waals surface area contributed by atoms with Gasteiger partial charge in [-0.3, -0.25) is 9.88 Å². The monoisotopic (exact) mass is 381 g/mol. The predicted octanol–water partition coefficient (Wildman–Crippen LogP) is 2.41. The van der Waals surface area contributed by atoms with Crippen molar-refractivity contribution >= 4 is 0 Å². The van der Waals surface area contributed by atoms with Crippen LogP contribution >= 0.6 is 0 Å². The number of nitrogens with zero attached hydrogens (tertiary/aromatic N) is 3. The largest absolute Gasteiger partial charge is 0.396 e. The molecule has 0 spiro atoms. The van der Waals surface area contributed by atoms with Gasteiger partial charge >= 0.3 is 0 Å². The number of rotatable bonds is 9. The molecule has 2 aliphatic heterocycles. The molecule has 5 nitrogen and oxygen atoms in total. The lowest BCUT2D eigenvalue weighted by Crippen LogP contribution is -2.37. The maximum atomic E-state index is 10.2. The highest BCUT2D eigenvalue weighted by Crippen LogP contribution is 2.42. The number of hydrogen-bond donors (Lipinski definition) is 1. The number of fused-ring (bicyclic) bond motifs is 1. The fraction of sp³-hybridized carbons (Fsp3) is 0.522. The van der Waals surface area contributed by atoms with Crippen LogP contribution in [0, 0.1) is 11.3 Å². The van der Waals surface area contributed by atoms with Crippen LogP contribution in [0.1, 0.15) is 17.5 Å². The fourth-order valence-electron chi connectivity index (χ4n) is 4.82. The highest BCUT2D eigenvalue weighted by Gasteiger charge is 2.51. The fourth-order valence-corrected chi connectivity index (χ4v) is 4.82. The van der Waals surface area contributed by atoms with Gasteiger partial charge in [-0.2, -0.15) is 0 Å². The highest BCUT2D eigenvalue weighted by molar-refractivity contribution is 5.13. The van der Waals surface area contributed by atoms with Gasteiger partial charge in [0.2, 0.25) is 0 Å². The van der Waals surface area contributed by atoms with Gasteiger partial charge in [-0.05, 0) is 35.6 Å². The van der Waals surface area contributed by atoms with Crippen LogP contribution in [0.15, 0.2) is 54.9 Å². The van der Waals surface area contributed by atoms with E-state index < -0.39 is 0 Å². The quantitative estimate of drug-likeness (QED) is 0.676. The Balaban J connectivity index is 1.20. The lowest BCUT2D eigenvalue weighted by Gasteiger charge is -2.27. The average Bonchev–Trinajstić information content (AvgIpc) is 3.23. The minimum atomic E-state index is 0.0396. The number of ether oxygens (including phenoxy) is 1. The normalized spacial score (nSPS) is 25.2. The summed E-state index contributed by atoms with van der Waals surface area (Å²) < 4.78 is 5.82. The third-order valence-corrected chi connectivity index (χ3v) is 6.25. The van der Waals surface area contributed by atoms with E-state index in [1.165, 1.54) is 11.1 Å². The summed E-state index contributed by atoms with van der Waals surface area (Å²) in [5, 5.41) is 10.2. The van der Waals surface area contributed by atoms with Crippen LogP contribution in [0.2, 0.25) is 0 Å². The molecule has 0 radical (unpaired) electrons. The molecule has 2 unspecified atom stereocenters. The van der Waals surface area contributed by atoms with E-state index in [1.807, 2.05) is 30.6 Å². The first-order valence-corrected chi connectivity index (χ1v) is 10.3. The van der Waals surface area contributed by atoms with Gasteiger partial charge in [0.1, 0.15) is 0 Å². The van der Waals surface area contributed by atoms with Crippen molar-refractivity contribution in [1.29, 1.82) is 0 Å². The molecule has 1 aromatic heterocycles. The van der Waals surface area contributed by atoms with E-state index in [2.05, 4.69) is 39.0 Å². The topological polar surface area (TPSA) is 48.8 Å². The Hall–Kier alpha value is -1.79. The lowest BCUT2D eigenvalue weighted by atomic mass is 9.82. The first-order valence-electron chi connectivity index (χ1n) is 10.3. The van der Waals surface area contributed by atoms with Crippen molar-refractivity contribution in [3.8, 4) is 0 Å². The molecule has 3 heterocycles. The van der Waals surface area contributed by atoms with E-state index in [0.29, 0.717) is 12.5 Å². The van der Waals surface area contributed by atoms with Crippen molar-refractivity contribution in [2.45, 2.75) is 19.6 Å². The predicted molar refractivity (Wildman–Crippen MR) is 110 cm³/mol. The van der Waals surface area contributed by atoms with Crippen molar-refractivity contribution in [2.75, 3.05) is 45.9 Å². The van der Waals surface area contributed by atoms with Crippen LogP contribution in [-0.2, 0) is 17.9 Å². The van der Waals surface area contributed by atoms with Crippen LogP contribution < -0.4 is 0 Å². The number of hydrogen-bond acceptors (Lipinski definition) is 5. The average molecular weight is 382 g/mol. The van der Waals surface area contributed by atoms with Gasteiger partial charge in [0.15, 0.2) is 0 Å². The maximum Gasteiger partial charge on any atom is 0.0716 e. The van der Waals surface area contributed by atoms with Crippen molar-refractivity contribution in [3.63, 3.8) is 0 Å².